The SMILES string of the molecule is COc1ccc(NC(C)=O)cc1NC(=O)CCc1csc2nc(-c3ccc(Cl)cc3)cn12. The van der Waals surface area contributed by atoms with Crippen molar-refractivity contribution in [1.29, 1.82) is 0 Å². The van der Waals surface area contributed by atoms with Crippen LogP contribution < -0.4 is 15.4 Å². The van der Waals surface area contributed by atoms with Gasteiger partial charge < -0.3 is 15.4 Å². The lowest BCUT2D eigenvalue weighted by Crippen LogP contribution is -2.14. The summed E-state index contributed by atoms with van der Waals surface area (Å²) in [5.74, 6) is 0.181. The monoisotopic (exact) mass is 468 g/mol. The van der Waals surface area contributed by atoms with E-state index in [0.29, 0.717) is 28.6 Å². The van der Waals surface area contributed by atoms with Gasteiger partial charge in [0.15, 0.2) is 4.96 Å². The van der Waals surface area contributed by atoms with E-state index in [2.05, 4.69) is 15.6 Å². The minimum absolute atomic E-state index is 0.152. The van der Waals surface area contributed by atoms with E-state index in [1.54, 1.807) is 18.2 Å². The number of rotatable bonds is 7. The maximum Gasteiger partial charge on any atom is 0.224 e. The molecule has 32 heavy (non-hydrogen) atoms. The second kappa shape index (κ2) is 9.42. The van der Waals surface area contributed by atoms with Crippen molar-refractivity contribution in [3.8, 4) is 17.0 Å². The maximum absolute atomic E-state index is 12.6. The summed E-state index contributed by atoms with van der Waals surface area (Å²) in [6.07, 6.45) is 2.81. The Morgan fingerprint density at radius 1 is 1.16 bits per heavy atom. The maximum atomic E-state index is 12.6. The molecule has 2 aromatic carbocycles. The molecule has 0 radical (unpaired) electrons. The molecule has 7 nitrogen and oxygen atoms in total. The van der Waals surface area contributed by atoms with Gasteiger partial charge in [-0.2, -0.15) is 0 Å². The van der Waals surface area contributed by atoms with Gasteiger partial charge in [0.1, 0.15) is 5.75 Å². The summed E-state index contributed by atoms with van der Waals surface area (Å²) >= 11 is 7.51. The Morgan fingerprint density at radius 3 is 2.66 bits per heavy atom. The number of nitrogens with zero attached hydrogens (tertiary/aromatic N) is 2. The zero-order valence-corrected chi connectivity index (χ0v) is 19.1. The quantitative estimate of drug-likeness (QED) is 0.387. The summed E-state index contributed by atoms with van der Waals surface area (Å²) in [4.78, 5) is 29.5. The number of amides is 2. The third-order valence-electron chi connectivity index (χ3n) is 4.83. The Labute approximate surface area is 194 Å². The van der Waals surface area contributed by atoms with Crippen LogP contribution in [0.25, 0.3) is 16.2 Å². The zero-order valence-electron chi connectivity index (χ0n) is 17.5. The molecule has 0 atom stereocenters. The van der Waals surface area contributed by atoms with Crippen molar-refractivity contribution in [1.82, 2.24) is 9.38 Å². The summed E-state index contributed by atoms with van der Waals surface area (Å²) in [7, 11) is 1.53. The van der Waals surface area contributed by atoms with Gasteiger partial charge in [-0.3, -0.25) is 14.0 Å². The summed E-state index contributed by atoms with van der Waals surface area (Å²) in [6, 6.07) is 12.6. The predicted molar refractivity (Wildman–Crippen MR) is 128 cm³/mol. The van der Waals surface area contributed by atoms with Crippen molar-refractivity contribution in [3.63, 3.8) is 0 Å². The van der Waals surface area contributed by atoms with E-state index in [1.165, 1.54) is 25.4 Å². The van der Waals surface area contributed by atoms with Crippen LogP contribution in [0.1, 0.15) is 19.0 Å². The number of halogens is 1. The van der Waals surface area contributed by atoms with Crippen LogP contribution in [-0.4, -0.2) is 28.3 Å². The number of carbonyl (C=O) groups excluding carboxylic acids is 2. The molecule has 0 aliphatic carbocycles. The van der Waals surface area contributed by atoms with Crippen LogP contribution in [0, 0.1) is 0 Å². The standard InChI is InChI=1S/C23H21ClN4O3S/c1-14(29)25-17-7-9-21(31-2)19(11-17)26-22(30)10-8-18-13-32-23-27-20(12-28(18)23)15-3-5-16(24)6-4-15/h3-7,9,11-13H,8,10H2,1-2H3,(H,25,29)(H,26,30). The number of aryl methyl sites for hydroxylation is 1. The van der Waals surface area contributed by atoms with Gasteiger partial charge in [-0.05, 0) is 36.8 Å². The van der Waals surface area contributed by atoms with Crippen LogP contribution in [-0.2, 0) is 16.0 Å². The fourth-order valence-corrected chi connectivity index (χ4v) is 4.34. The molecule has 4 rings (SSSR count). The number of fused-ring (bicyclic) bond motifs is 1. The summed E-state index contributed by atoms with van der Waals surface area (Å²) in [5, 5.41) is 8.27. The minimum atomic E-state index is -0.188. The van der Waals surface area contributed by atoms with Crippen molar-refractivity contribution in [3.05, 3.63) is 64.8 Å². The highest BCUT2D eigenvalue weighted by Crippen LogP contribution is 2.29. The Hall–Kier alpha value is -3.36. The molecular formula is C23H21ClN4O3S. The Bertz CT molecular complexity index is 1280. The van der Waals surface area contributed by atoms with Crippen molar-refractivity contribution in [2.45, 2.75) is 19.8 Å². The number of nitrogens with one attached hydrogen (secondary N) is 2. The smallest absolute Gasteiger partial charge is 0.224 e. The van der Waals surface area contributed by atoms with Crippen LogP contribution in [0.3, 0.4) is 0 Å². The fraction of sp³-hybridized carbons (Fsp3) is 0.174. The molecule has 0 spiro atoms. The number of benzene rings is 2. The molecule has 2 aromatic heterocycles. The number of aromatic nitrogens is 2. The molecule has 4 aromatic rings. The summed E-state index contributed by atoms with van der Waals surface area (Å²) in [6.45, 7) is 1.43. The molecule has 0 bridgehead atoms. The van der Waals surface area contributed by atoms with Crippen LogP contribution in [0.5, 0.6) is 5.75 Å². The van der Waals surface area contributed by atoms with Gasteiger partial charge >= 0.3 is 0 Å². The van der Waals surface area contributed by atoms with E-state index in [4.69, 9.17) is 16.3 Å². The lowest BCUT2D eigenvalue weighted by Gasteiger charge is -2.12. The van der Waals surface area contributed by atoms with Crippen LogP contribution in [0.15, 0.2) is 54.0 Å². The van der Waals surface area contributed by atoms with Gasteiger partial charge in [-0.15, -0.1) is 11.3 Å². The molecule has 0 unspecified atom stereocenters. The van der Waals surface area contributed by atoms with Gasteiger partial charge in [0.2, 0.25) is 11.8 Å². The first-order chi connectivity index (χ1) is 15.4. The Balaban J connectivity index is 1.45. The van der Waals surface area contributed by atoms with Crippen LogP contribution >= 0.6 is 22.9 Å². The van der Waals surface area contributed by atoms with Gasteiger partial charge in [-0.25, -0.2) is 4.98 Å². The third kappa shape index (κ3) is 4.92. The highest BCUT2D eigenvalue weighted by Gasteiger charge is 2.13. The number of imidazole rings is 1. The van der Waals surface area contributed by atoms with E-state index >= 15 is 0 Å². The number of methoxy groups -OCH3 is 1. The Morgan fingerprint density at radius 2 is 1.94 bits per heavy atom. The molecule has 0 saturated carbocycles. The molecule has 164 valence electrons. The third-order valence-corrected chi connectivity index (χ3v) is 5.97. The number of ether oxygens (including phenoxy) is 1. The molecule has 0 fully saturated rings. The van der Waals surface area contributed by atoms with Crippen molar-refractivity contribution >= 4 is 51.1 Å². The first kappa shape index (κ1) is 21.9. The second-order valence-corrected chi connectivity index (χ2v) is 8.43. The largest absolute Gasteiger partial charge is 0.495 e. The highest BCUT2D eigenvalue weighted by molar-refractivity contribution is 7.15. The normalized spacial score (nSPS) is 10.8. The van der Waals surface area contributed by atoms with Crippen molar-refractivity contribution in [2.75, 3.05) is 17.7 Å². The van der Waals surface area contributed by atoms with Crippen molar-refractivity contribution < 1.29 is 14.3 Å². The summed E-state index contributed by atoms with van der Waals surface area (Å²) in [5.41, 5.74) is 3.94. The first-order valence-corrected chi connectivity index (χ1v) is 11.2. The van der Waals surface area contributed by atoms with Gasteiger partial charge in [0.25, 0.3) is 0 Å². The average Bonchev–Trinajstić information content (AvgIpc) is 3.34. The lowest BCUT2D eigenvalue weighted by molar-refractivity contribution is -0.116. The zero-order chi connectivity index (χ0) is 22.7. The molecule has 0 aliphatic rings. The summed E-state index contributed by atoms with van der Waals surface area (Å²) < 4.78 is 7.33. The number of anilines is 2. The van der Waals surface area contributed by atoms with E-state index in [0.717, 1.165) is 21.9 Å². The van der Waals surface area contributed by atoms with Crippen LogP contribution in [0.4, 0.5) is 11.4 Å². The molecule has 0 saturated heterocycles. The minimum Gasteiger partial charge on any atom is -0.495 e. The highest BCUT2D eigenvalue weighted by atomic mass is 35.5. The fourth-order valence-electron chi connectivity index (χ4n) is 3.31. The first-order valence-electron chi connectivity index (χ1n) is 9.90. The van der Waals surface area contributed by atoms with Gasteiger partial charge in [0, 0.05) is 46.9 Å². The average molecular weight is 469 g/mol. The topological polar surface area (TPSA) is 84.7 Å². The predicted octanol–water partition coefficient (Wildman–Crippen LogP) is 5.25. The molecule has 2 amide bonds. The van der Waals surface area contributed by atoms with Gasteiger partial charge in [0.05, 0.1) is 18.5 Å². The van der Waals surface area contributed by atoms with Crippen molar-refractivity contribution in [2.24, 2.45) is 0 Å². The second-order valence-electron chi connectivity index (χ2n) is 7.16. The van der Waals surface area contributed by atoms with Crippen LogP contribution in [0.2, 0.25) is 5.02 Å². The van der Waals surface area contributed by atoms with Gasteiger partial charge in [-0.1, -0.05) is 23.7 Å². The van der Waals surface area contributed by atoms with E-state index in [-0.39, 0.29) is 18.2 Å². The number of thiazole rings is 1. The molecule has 0 aliphatic heterocycles. The van der Waals surface area contributed by atoms with E-state index in [9.17, 15) is 9.59 Å². The molecule has 2 heterocycles. The number of hydrogen-bond acceptors (Lipinski definition) is 5. The van der Waals surface area contributed by atoms with E-state index < -0.39 is 0 Å². The molecule has 2 N–H and O–H groups in total. The number of carbonyl (C=O) groups is 2. The molecular weight excluding hydrogens is 448 g/mol. The Kier molecular flexibility index (Phi) is 6.43. The number of hydrogen-bond donors (Lipinski definition) is 2. The molecule has 9 heteroatoms. The lowest BCUT2D eigenvalue weighted by atomic mass is 10.2. The van der Waals surface area contributed by atoms with E-state index in [1.807, 2.05) is 40.2 Å².